The van der Waals surface area contributed by atoms with E-state index in [1.165, 1.54) is 11.3 Å². The smallest absolute Gasteiger partial charge is 0.337 e. The molecule has 0 aliphatic heterocycles. The van der Waals surface area contributed by atoms with Gasteiger partial charge in [0.05, 0.1) is 11.1 Å². The number of ketones is 1. The molecule has 0 radical (unpaired) electrons. The number of para-hydroxylation sites is 1. The number of carbonyl (C=O) groups is 2. The van der Waals surface area contributed by atoms with Crippen LogP contribution in [-0.2, 0) is 6.42 Å². The molecule has 2 aromatic heterocycles. The van der Waals surface area contributed by atoms with Crippen molar-refractivity contribution >= 4 is 45.6 Å². The van der Waals surface area contributed by atoms with Gasteiger partial charge in [-0.2, -0.15) is 0 Å². The minimum absolute atomic E-state index is 0.0780. The van der Waals surface area contributed by atoms with Crippen molar-refractivity contribution < 1.29 is 14.7 Å². The van der Waals surface area contributed by atoms with Crippen LogP contribution >= 0.6 is 22.9 Å². The quantitative estimate of drug-likeness (QED) is 0.463. The fourth-order valence-corrected chi connectivity index (χ4v) is 4.13. The monoisotopic (exact) mass is 408 g/mol. The van der Waals surface area contributed by atoms with Crippen molar-refractivity contribution in [3.05, 3.63) is 82.1 Å². The van der Waals surface area contributed by atoms with Gasteiger partial charge in [0.1, 0.15) is 0 Å². The summed E-state index contributed by atoms with van der Waals surface area (Å²) in [6.45, 7) is 0. The number of aromatic carboxylic acids is 1. The minimum atomic E-state index is -1.08. The average molecular weight is 409 g/mol. The molecule has 0 spiro atoms. The van der Waals surface area contributed by atoms with Crippen LogP contribution in [0.2, 0.25) is 5.02 Å². The van der Waals surface area contributed by atoms with Gasteiger partial charge in [-0.15, -0.1) is 11.3 Å². The van der Waals surface area contributed by atoms with E-state index in [0.717, 1.165) is 10.9 Å². The van der Waals surface area contributed by atoms with E-state index in [0.29, 0.717) is 21.0 Å². The number of benzene rings is 2. The Morgan fingerprint density at radius 3 is 2.57 bits per heavy atom. The van der Waals surface area contributed by atoms with Gasteiger partial charge >= 0.3 is 5.97 Å². The second-order valence-electron chi connectivity index (χ2n) is 6.13. The van der Waals surface area contributed by atoms with Crippen LogP contribution in [0.1, 0.15) is 26.5 Å². The first-order valence-corrected chi connectivity index (χ1v) is 9.63. The first kappa shape index (κ1) is 18.3. The maximum absolute atomic E-state index is 12.7. The topological polar surface area (TPSA) is 80.2 Å². The molecule has 4 rings (SSSR count). The van der Waals surface area contributed by atoms with E-state index in [4.69, 9.17) is 11.6 Å². The number of hydrogen-bond acceptors (Lipinski definition) is 5. The van der Waals surface area contributed by atoms with Crippen molar-refractivity contribution in [2.45, 2.75) is 6.42 Å². The Hall–Kier alpha value is -3.09. The molecule has 4 aromatic rings. The number of aromatic nitrogens is 2. The Morgan fingerprint density at radius 1 is 1.07 bits per heavy atom. The van der Waals surface area contributed by atoms with Gasteiger partial charge in [-0.05, 0) is 34.7 Å². The first-order valence-electron chi connectivity index (χ1n) is 8.37. The van der Waals surface area contributed by atoms with Gasteiger partial charge in [-0.1, -0.05) is 41.9 Å². The molecule has 1 N–H and O–H groups in total. The third-order valence-electron chi connectivity index (χ3n) is 4.28. The van der Waals surface area contributed by atoms with Crippen LogP contribution in [0.3, 0.4) is 0 Å². The Balaban J connectivity index is 1.68. The molecule has 7 heteroatoms. The normalized spacial score (nSPS) is 10.9. The van der Waals surface area contributed by atoms with Gasteiger partial charge < -0.3 is 5.11 Å². The van der Waals surface area contributed by atoms with Crippen LogP contribution in [0, 0.1) is 0 Å². The highest BCUT2D eigenvalue weighted by atomic mass is 35.5. The molecule has 0 saturated carbocycles. The number of nitrogens with zero attached hydrogens (tertiary/aromatic N) is 2. The van der Waals surface area contributed by atoms with Crippen molar-refractivity contribution in [1.29, 1.82) is 0 Å². The number of Topliss-reactive ketones (excluding diaryl/α,β-unsaturated/α-hetero) is 1. The van der Waals surface area contributed by atoms with E-state index in [9.17, 15) is 14.7 Å². The van der Waals surface area contributed by atoms with Crippen LogP contribution in [0.25, 0.3) is 21.3 Å². The minimum Gasteiger partial charge on any atom is -0.478 e. The molecule has 2 aromatic carbocycles. The van der Waals surface area contributed by atoms with Crippen LogP contribution in [0.5, 0.6) is 0 Å². The number of fused-ring (bicyclic) bond motifs is 1. The summed E-state index contributed by atoms with van der Waals surface area (Å²) in [5.41, 5.74) is 1.99. The summed E-state index contributed by atoms with van der Waals surface area (Å²) in [6, 6.07) is 14.3. The van der Waals surface area contributed by atoms with Gasteiger partial charge in [0, 0.05) is 27.9 Å². The summed E-state index contributed by atoms with van der Waals surface area (Å²) in [6.07, 6.45) is 1.52. The predicted molar refractivity (Wildman–Crippen MR) is 109 cm³/mol. The first-order chi connectivity index (χ1) is 13.5. The number of halogens is 1. The lowest BCUT2D eigenvalue weighted by Crippen LogP contribution is -2.11. The lowest BCUT2D eigenvalue weighted by Gasteiger charge is -2.04. The molecule has 0 atom stereocenters. The van der Waals surface area contributed by atoms with Crippen LogP contribution in [0.15, 0.2) is 60.1 Å². The van der Waals surface area contributed by atoms with Gasteiger partial charge in [-0.3, -0.25) is 4.79 Å². The Morgan fingerprint density at radius 2 is 1.82 bits per heavy atom. The molecule has 0 bridgehead atoms. The summed E-state index contributed by atoms with van der Waals surface area (Å²) in [7, 11) is 0. The molecular weight excluding hydrogens is 396 g/mol. The van der Waals surface area contributed by atoms with Gasteiger partial charge in [0.25, 0.3) is 0 Å². The van der Waals surface area contributed by atoms with E-state index in [2.05, 4.69) is 9.97 Å². The zero-order valence-electron chi connectivity index (χ0n) is 14.4. The van der Waals surface area contributed by atoms with Crippen LogP contribution in [-0.4, -0.2) is 26.8 Å². The molecule has 0 aliphatic carbocycles. The third kappa shape index (κ3) is 3.52. The molecular formula is C21H13ClN2O3S. The van der Waals surface area contributed by atoms with Crippen LogP contribution in [0.4, 0.5) is 0 Å². The molecule has 5 nitrogen and oxygen atoms in total. The molecule has 0 unspecified atom stereocenters. The Bertz CT molecular complexity index is 1200. The van der Waals surface area contributed by atoms with Crippen molar-refractivity contribution in [2.24, 2.45) is 0 Å². The Labute approximate surface area is 169 Å². The highest BCUT2D eigenvalue weighted by Gasteiger charge is 2.22. The van der Waals surface area contributed by atoms with Crippen molar-refractivity contribution in [3.63, 3.8) is 0 Å². The number of thiophene rings is 1. The van der Waals surface area contributed by atoms with E-state index >= 15 is 0 Å². The lowest BCUT2D eigenvalue weighted by molar-refractivity contribution is 0.0697. The van der Waals surface area contributed by atoms with E-state index in [-0.39, 0.29) is 23.6 Å². The SMILES string of the molecule is O=C(Cc1csc(-c2ccc(Cl)cc2)c1C(=O)O)c1ncc2ccccc2n1. The fraction of sp³-hybridized carbons (Fsp3) is 0.0476. The zero-order chi connectivity index (χ0) is 19.7. The lowest BCUT2D eigenvalue weighted by atomic mass is 10.0. The van der Waals surface area contributed by atoms with E-state index in [1.54, 1.807) is 41.9 Å². The second kappa shape index (κ2) is 7.50. The Kier molecular flexibility index (Phi) is 4.90. The van der Waals surface area contributed by atoms with Gasteiger partial charge in [-0.25, -0.2) is 14.8 Å². The second-order valence-corrected chi connectivity index (χ2v) is 7.45. The number of carboxylic acids is 1. The summed E-state index contributed by atoms with van der Waals surface area (Å²) in [5.74, 6) is -1.32. The number of carbonyl (C=O) groups excluding carboxylic acids is 1. The molecule has 0 amide bonds. The third-order valence-corrected chi connectivity index (χ3v) is 5.61. The number of hydrogen-bond donors (Lipinski definition) is 1. The van der Waals surface area contributed by atoms with E-state index < -0.39 is 5.97 Å². The van der Waals surface area contributed by atoms with Crippen LogP contribution < -0.4 is 0 Å². The largest absolute Gasteiger partial charge is 0.478 e. The van der Waals surface area contributed by atoms with Gasteiger partial charge in [0.2, 0.25) is 5.78 Å². The van der Waals surface area contributed by atoms with E-state index in [1.807, 2.05) is 18.2 Å². The highest BCUT2D eigenvalue weighted by molar-refractivity contribution is 7.14. The standard InChI is InChI=1S/C21H13ClN2O3S/c22-15-7-5-12(6-8-15)19-18(21(26)27)14(11-28-19)9-17(25)20-23-10-13-3-1-2-4-16(13)24-20/h1-8,10-11H,9H2,(H,26,27). The summed E-state index contributed by atoms with van der Waals surface area (Å²) in [4.78, 5) is 33.6. The average Bonchev–Trinajstić information content (AvgIpc) is 3.12. The van der Waals surface area contributed by atoms with Gasteiger partial charge in [0.15, 0.2) is 5.82 Å². The molecule has 28 heavy (non-hydrogen) atoms. The molecule has 0 saturated heterocycles. The fourth-order valence-electron chi connectivity index (χ4n) is 2.93. The number of rotatable bonds is 5. The highest BCUT2D eigenvalue weighted by Crippen LogP contribution is 2.34. The van der Waals surface area contributed by atoms with Crippen molar-refractivity contribution in [1.82, 2.24) is 9.97 Å². The maximum atomic E-state index is 12.7. The molecule has 0 aliphatic rings. The predicted octanol–water partition coefficient (Wildman–Crippen LogP) is 5.14. The number of carboxylic acid groups (broad SMARTS) is 1. The zero-order valence-corrected chi connectivity index (χ0v) is 16.0. The van der Waals surface area contributed by atoms with Crippen molar-refractivity contribution in [2.75, 3.05) is 0 Å². The van der Waals surface area contributed by atoms with Crippen molar-refractivity contribution in [3.8, 4) is 10.4 Å². The maximum Gasteiger partial charge on any atom is 0.337 e. The summed E-state index contributed by atoms with van der Waals surface area (Å²) >= 11 is 7.20. The summed E-state index contributed by atoms with van der Waals surface area (Å²) in [5, 5.41) is 12.8. The molecule has 0 fully saturated rings. The molecule has 138 valence electrons. The molecule has 2 heterocycles. The summed E-state index contributed by atoms with van der Waals surface area (Å²) < 4.78 is 0.